The van der Waals surface area contributed by atoms with Gasteiger partial charge in [0.15, 0.2) is 0 Å². The van der Waals surface area contributed by atoms with Gasteiger partial charge in [-0.2, -0.15) is 0 Å². The molecule has 1 fully saturated rings. The fourth-order valence-electron chi connectivity index (χ4n) is 2.15. The van der Waals surface area contributed by atoms with Crippen molar-refractivity contribution in [2.45, 2.75) is 25.2 Å². The van der Waals surface area contributed by atoms with Crippen molar-refractivity contribution in [3.63, 3.8) is 0 Å². The molecule has 18 heavy (non-hydrogen) atoms. The van der Waals surface area contributed by atoms with E-state index in [-0.39, 0.29) is 31.2 Å². The summed E-state index contributed by atoms with van der Waals surface area (Å²) in [5.41, 5.74) is -0.184. The van der Waals surface area contributed by atoms with Gasteiger partial charge < -0.3 is 4.74 Å². The zero-order valence-corrected chi connectivity index (χ0v) is 11.3. The Morgan fingerprint density at radius 2 is 2.00 bits per heavy atom. The summed E-state index contributed by atoms with van der Waals surface area (Å²) >= 11 is 11.8. The van der Waals surface area contributed by atoms with Crippen LogP contribution in [0.5, 0.6) is 0 Å². The van der Waals surface area contributed by atoms with Gasteiger partial charge in [0.25, 0.3) is 0 Å². The molecule has 0 unspecified atom stereocenters. The molecule has 1 aliphatic carbocycles. The molecule has 0 heterocycles. The lowest BCUT2D eigenvalue weighted by Crippen LogP contribution is -2.49. The van der Waals surface area contributed by atoms with Crippen LogP contribution in [0.2, 0.25) is 10.0 Å². The van der Waals surface area contributed by atoms with Gasteiger partial charge in [-0.15, -0.1) is 0 Å². The van der Waals surface area contributed by atoms with Crippen molar-refractivity contribution in [1.29, 1.82) is 0 Å². The van der Waals surface area contributed by atoms with Gasteiger partial charge in [0.2, 0.25) is 0 Å². The predicted molar refractivity (Wildman–Crippen MR) is 69.0 cm³/mol. The highest BCUT2D eigenvalue weighted by Gasteiger charge is 2.52. The summed E-state index contributed by atoms with van der Waals surface area (Å²) in [5.74, 6) is -0.322. The molecule has 0 aliphatic heterocycles. The van der Waals surface area contributed by atoms with Crippen LogP contribution in [0.25, 0.3) is 0 Å². The van der Waals surface area contributed by atoms with E-state index < -0.39 is 5.41 Å². The maximum absolute atomic E-state index is 12.0. The highest BCUT2D eigenvalue weighted by atomic mass is 35.5. The van der Waals surface area contributed by atoms with Crippen molar-refractivity contribution in [2.75, 3.05) is 6.61 Å². The number of hydrogen-bond donors (Lipinski definition) is 0. The first kappa shape index (κ1) is 13.4. The number of carbonyl (C=O) groups is 2. The number of benzene rings is 1. The van der Waals surface area contributed by atoms with E-state index in [1.165, 1.54) is 0 Å². The minimum atomic E-state index is -0.874. The normalized spacial score (nSPS) is 17.2. The third-order valence-corrected chi connectivity index (χ3v) is 3.88. The third-order valence-electron chi connectivity index (χ3n) is 3.14. The Morgan fingerprint density at radius 3 is 2.50 bits per heavy atom. The Kier molecular flexibility index (Phi) is 3.64. The molecule has 3 nitrogen and oxygen atoms in total. The first-order chi connectivity index (χ1) is 8.49. The second kappa shape index (κ2) is 4.90. The quantitative estimate of drug-likeness (QED) is 0.802. The van der Waals surface area contributed by atoms with Crippen LogP contribution >= 0.6 is 23.2 Å². The summed E-state index contributed by atoms with van der Waals surface area (Å²) in [6.45, 7) is 2.02. The van der Waals surface area contributed by atoms with Crippen LogP contribution in [-0.4, -0.2) is 18.4 Å². The number of rotatable bonds is 3. The molecule has 0 N–H and O–H groups in total. The van der Waals surface area contributed by atoms with Crippen molar-refractivity contribution < 1.29 is 14.3 Å². The molecular weight excluding hydrogens is 275 g/mol. The Morgan fingerprint density at radius 1 is 1.33 bits per heavy atom. The highest BCUT2D eigenvalue weighted by Crippen LogP contribution is 2.43. The molecule has 5 heteroatoms. The van der Waals surface area contributed by atoms with Crippen LogP contribution in [0.3, 0.4) is 0 Å². The van der Waals surface area contributed by atoms with Crippen LogP contribution in [-0.2, 0) is 19.7 Å². The van der Waals surface area contributed by atoms with E-state index in [0.717, 1.165) is 0 Å². The summed E-state index contributed by atoms with van der Waals surface area (Å²) < 4.78 is 5.05. The second-order valence-electron chi connectivity index (χ2n) is 4.32. The molecule has 0 radical (unpaired) electrons. The van der Waals surface area contributed by atoms with Gasteiger partial charge in [-0.25, -0.2) is 0 Å². The Balaban J connectivity index is 2.38. The highest BCUT2D eigenvalue weighted by molar-refractivity contribution is 6.42. The van der Waals surface area contributed by atoms with Crippen molar-refractivity contribution in [3.05, 3.63) is 33.8 Å². The van der Waals surface area contributed by atoms with E-state index in [2.05, 4.69) is 0 Å². The van der Waals surface area contributed by atoms with Crippen molar-refractivity contribution in [3.8, 4) is 0 Å². The lowest BCUT2D eigenvalue weighted by Gasteiger charge is -2.38. The number of ether oxygens (including phenoxy) is 1. The van der Waals surface area contributed by atoms with Gasteiger partial charge in [0.05, 0.1) is 16.7 Å². The Labute approximate surface area is 115 Å². The summed E-state index contributed by atoms with van der Waals surface area (Å²) in [4.78, 5) is 23.3. The number of Topliss-reactive ketones (excluding diaryl/α,β-unsaturated/α-hetero) is 1. The summed E-state index contributed by atoms with van der Waals surface area (Å²) in [7, 11) is 0. The third kappa shape index (κ3) is 2.13. The van der Waals surface area contributed by atoms with Gasteiger partial charge in [-0.3, -0.25) is 9.59 Å². The fraction of sp³-hybridized carbons (Fsp3) is 0.385. The lowest BCUT2D eigenvalue weighted by atomic mass is 9.63. The van der Waals surface area contributed by atoms with Crippen LogP contribution < -0.4 is 0 Å². The maximum Gasteiger partial charge on any atom is 0.317 e. The monoisotopic (exact) mass is 286 g/mol. The fourth-order valence-corrected chi connectivity index (χ4v) is 2.45. The second-order valence-corrected chi connectivity index (χ2v) is 5.14. The number of halogens is 2. The Hall–Kier alpha value is -1.06. The van der Waals surface area contributed by atoms with Crippen molar-refractivity contribution in [2.24, 2.45) is 0 Å². The van der Waals surface area contributed by atoms with Gasteiger partial charge >= 0.3 is 5.97 Å². The molecule has 0 spiro atoms. The standard InChI is InChI=1S/C13H12Cl2O3/c1-2-18-12(17)13(6-9(16)7-13)8-3-4-10(14)11(15)5-8/h3-5H,2,6-7H2,1H3. The average molecular weight is 287 g/mol. The maximum atomic E-state index is 12.0. The van der Waals surface area contributed by atoms with Crippen LogP contribution in [0.4, 0.5) is 0 Å². The first-order valence-corrected chi connectivity index (χ1v) is 6.39. The minimum Gasteiger partial charge on any atom is -0.465 e. The molecule has 0 amide bonds. The predicted octanol–water partition coefficient (Wildman–Crippen LogP) is 3.16. The van der Waals surface area contributed by atoms with E-state index in [0.29, 0.717) is 15.6 Å². The number of carbonyl (C=O) groups excluding carboxylic acids is 2. The van der Waals surface area contributed by atoms with Crippen molar-refractivity contribution >= 4 is 35.0 Å². The van der Waals surface area contributed by atoms with Gasteiger partial charge in [-0.05, 0) is 24.6 Å². The van der Waals surface area contributed by atoms with Crippen LogP contribution in [0.1, 0.15) is 25.3 Å². The molecule has 96 valence electrons. The van der Waals surface area contributed by atoms with E-state index in [1.807, 2.05) is 0 Å². The van der Waals surface area contributed by atoms with Crippen LogP contribution in [0.15, 0.2) is 18.2 Å². The van der Waals surface area contributed by atoms with Gasteiger partial charge in [-0.1, -0.05) is 29.3 Å². The molecule has 1 saturated carbocycles. The first-order valence-electron chi connectivity index (χ1n) is 5.64. The topological polar surface area (TPSA) is 43.4 Å². The molecule has 2 rings (SSSR count). The molecular formula is C13H12Cl2O3. The molecule has 0 saturated heterocycles. The van der Waals surface area contributed by atoms with E-state index in [9.17, 15) is 9.59 Å². The number of ketones is 1. The number of hydrogen-bond acceptors (Lipinski definition) is 3. The Bertz CT molecular complexity index is 503. The van der Waals surface area contributed by atoms with E-state index in [4.69, 9.17) is 27.9 Å². The molecule has 1 aromatic carbocycles. The SMILES string of the molecule is CCOC(=O)C1(c2ccc(Cl)c(Cl)c2)CC(=O)C1. The van der Waals surface area contributed by atoms with Gasteiger partial charge in [0, 0.05) is 12.8 Å². The molecule has 0 atom stereocenters. The minimum absolute atomic E-state index is 0.0501. The smallest absolute Gasteiger partial charge is 0.317 e. The molecule has 1 aromatic rings. The molecule has 1 aliphatic rings. The average Bonchev–Trinajstić information content (AvgIpc) is 2.28. The lowest BCUT2D eigenvalue weighted by molar-refractivity contribution is -0.158. The zero-order valence-electron chi connectivity index (χ0n) is 9.83. The van der Waals surface area contributed by atoms with Crippen molar-refractivity contribution in [1.82, 2.24) is 0 Å². The number of esters is 1. The molecule has 0 bridgehead atoms. The summed E-state index contributed by atoms with van der Waals surface area (Å²) in [6.07, 6.45) is 0.341. The largest absolute Gasteiger partial charge is 0.465 e. The summed E-state index contributed by atoms with van der Waals surface area (Å²) in [6, 6.07) is 4.98. The zero-order chi connectivity index (χ0) is 13.3. The van der Waals surface area contributed by atoms with E-state index in [1.54, 1.807) is 25.1 Å². The van der Waals surface area contributed by atoms with E-state index >= 15 is 0 Å². The molecule has 0 aromatic heterocycles. The summed E-state index contributed by atoms with van der Waals surface area (Å²) in [5, 5.41) is 0.794. The van der Waals surface area contributed by atoms with Gasteiger partial charge in [0.1, 0.15) is 11.2 Å². The van der Waals surface area contributed by atoms with Crippen LogP contribution in [0, 0.1) is 0 Å².